The number of benzene rings is 1. The zero-order valence-corrected chi connectivity index (χ0v) is 13.3. The number of carbonyl (C=O) groups is 1. The fourth-order valence-corrected chi connectivity index (χ4v) is 2.39. The number of rotatable bonds is 7. The summed E-state index contributed by atoms with van der Waals surface area (Å²) in [5.74, 6) is 0.197. The standard InChI is InChI=1S/C17H28N2O/c1-5-19(15-8-6-7-14(2)13-15)16(20)9-10-17(3,4)11-12-18/h6-8,13H,5,9-12,18H2,1-4H3. The summed E-state index contributed by atoms with van der Waals surface area (Å²) in [7, 11) is 0. The molecule has 1 aromatic rings. The molecule has 0 fully saturated rings. The first kappa shape index (κ1) is 16.7. The van der Waals surface area contributed by atoms with Gasteiger partial charge >= 0.3 is 0 Å². The number of carbonyl (C=O) groups excluding carboxylic acids is 1. The van der Waals surface area contributed by atoms with Gasteiger partial charge in [0.15, 0.2) is 0 Å². The number of anilines is 1. The maximum Gasteiger partial charge on any atom is 0.226 e. The molecule has 0 spiro atoms. The second kappa shape index (κ2) is 7.44. The largest absolute Gasteiger partial charge is 0.330 e. The third-order valence-electron chi connectivity index (χ3n) is 3.77. The fourth-order valence-electron chi connectivity index (χ4n) is 2.39. The molecule has 0 bridgehead atoms. The van der Waals surface area contributed by atoms with Crippen molar-refractivity contribution in [1.29, 1.82) is 0 Å². The van der Waals surface area contributed by atoms with Crippen LogP contribution in [-0.4, -0.2) is 19.0 Å². The quantitative estimate of drug-likeness (QED) is 0.828. The van der Waals surface area contributed by atoms with Crippen molar-refractivity contribution in [3.8, 4) is 0 Å². The number of amides is 1. The van der Waals surface area contributed by atoms with Crippen molar-refractivity contribution < 1.29 is 4.79 Å². The van der Waals surface area contributed by atoms with E-state index >= 15 is 0 Å². The van der Waals surface area contributed by atoms with Gasteiger partial charge in [-0.1, -0.05) is 26.0 Å². The Morgan fingerprint density at radius 3 is 2.55 bits per heavy atom. The topological polar surface area (TPSA) is 46.3 Å². The summed E-state index contributed by atoms with van der Waals surface area (Å²) in [5.41, 5.74) is 7.93. The van der Waals surface area contributed by atoms with Crippen LogP contribution >= 0.6 is 0 Å². The molecule has 0 atom stereocenters. The highest BCUT2D eigenvalue weighted by atomic mass is 16.2. The summed E-state index contributed by atoms with van der Waals surface area (Å²) < 4.78 is 0. The number of hydrogen-bond acceptors (Lipinski definition) is 2. The molecule has 0 aliphatic heterocycles. The van der Waals surface area contributed by atoms with Crippen LogP contribution in [0.4, 0.5) is 5.69 Å². The Labute approximate surface area is 123 Å². The van der Waals surface area contributed by atoms with Gasteiger partial charge in [0.25, 0.3) is 0 Å². The zero-order valence-electron chi connectivity index (χ0n) is 13.3. The van der Waals surface area contributed by atoms with Crippen molar-refractivity contribution in [2.24, 2.45) is 11.1 Å². The van der Waals surface area contributed by atoms with Gasteiger partial charge in [0.05, 0.1) is 0 Å². The summed E-state index contributed by atoms with van der Waals surface area (Å²) in [4.78, 5) is 14.3. The van der Waals surface area contributed by atoms with E-state index in [9.17, 15) is 4.79 Å². The minimum atomic E-state index is 0.135. The van der Waals surface area contributed by atoms with Crippen LogP contribution in [0.3, 0.4) is 0 Å². The third-order valence-corrected chi connectivity index (χ3v) is 3.77. The Bertz CT molecular complexity index is 440. The lowest BCUT2D eigenvalue weighted by Crippen LogP contribution is -2.31. The molecular weight excluding hydrogens is 248 g/mol. The first-order valence-electron chi connectivity index (χ1n) is 7.46. The first-order chi connectivity index (χ1) is 9.39. The Hall–Kier alpha value is -1.35. The van der Waals surface area contributed by atoms with Crippen molar-refractivity contribution in [3.63, 3.8) is 0 Å². The molecule has 0 unspecified atom stereocenters. The second-order valence-corrected chi connectivity index (χ2v) is 6.18. The number of aryl methyl sites for hydroxylation is 1. The molecule has 3 heteroatoms. The highest BCUT2D eigenvalue weighted by molar-refractivity contribution is 5.93. The molecule has 0 aliphatic carbocycles. The van der Waals surface area contributed by atoms with Crippen molar-refractivity contribution in [2.45, 2.75) is 47.0 Å². The minimum absolute atomic E-state index is 0.135. The number of nitrogens with two attached hydrogens (primary N) is 1. The van der Waals surface area contributed by atoms with E-state index in [-0.39, 0.29) is 11.3 Å². The highest BCUT2D eigenvalue weighted by Gasteiger charge is 2.21. The van der Waals surface area contributed by atoms with Gasteiger partial charge in [-0.15, -0.1) is 0 Å². The monoisotopic (exact) mass is 276 g/mol. The summed E-state index contributed by atoms with van der Waals surface area (Å²) in [6.45, 7) is 9.81. The van der Waals surface area contributed by atoms with Crippen LogP contribution in [0.1, 0.15) is 45.6 Å². The average molecular weight is 276 g/mol. The predicted molar refractivity (Wildman–Crippen MR) is 85.9 cm³/mol. The fraction of sp³-hybridized carbons (Fsp3) is 0.588. The molecule has 0 aliphatic rings. The van der Waals surface area contributed by atoms with E-state index < -0.39 is 0 Å². The molecule has 3 nitrogen and oxygen atoms in total. The van der Waals surface area contributed by atoms with Gasteiger partial charge < -0.3 is 10.6 Å². The normalized spacial score (nSPS) is 11.4. The average Bonchev–Trinajstić information content (AvgIpc) is 2.37. The SMILES string of the molecule is CCN(C(=O)CCC(C)(C)CCN)c1cccc(C)c1. The van der Waals surface area contributed by atoms with Crippen LogP contribution in [0.15, 0.2) is 24.3 Å². The lowest BCUT2D eigenvalue weighted by Gasteiger charge is -2.26. The molecule has 0 heterocycles. The molecule has 0 saturated carbocycles. The molecule has 112 valence electrons. The molecule has 0 aromatic heterocycles. The molecule has 1 aromatic carbocycles. The van der Waals surface area contributed by atoms with E-state index in [1.165, 1.54) is 5.56 Å². The van der Waals surface area contributed by atoms with Gasteiger partial charge in [-0.05, 0) is 56.3 Å². The Morgan fingerprint density at radius 2 is 2.00 bits per heavy atom. The van der Waals surface area contributed by atoms with Crippen LogP contribution in [0.2, 0.25) is 0 Å². The summed E-state index contributed by atoms with van der Waals surface area (Å²) in [5, 5.41) is 0. The molecule has 2 N–H and O–H groups in total. The molecule has 20 heavy (non-hydrogen) atoms. The molecule has 0 saturated heterocycles. The Morgan fingerprint density at radius 1 is 1.30 bits per heavy atom. The van der Waals surface area contributed by atoms with Gasteiger partial charge in [-0.2, -0.15) is 0 Å². The second-order valence-electron chi connectivity index (χ2n) is 6.18. The molecule has 1 rings (SSSR count). The first-order valence-corrected chi connectivity index (χ1v) is 7.46. The molecule has 0 radical (unpaired) electrons. The lowest BCUT2D eigenvalue weighted by atomic mass is 9.84. The Kier molecular flexibility index (Phi) is 6.21. The van der Waals surface area contributed by atoms with Crippen LogP contribution in [-0.2, 0) is 4.79 Å². The predicted octanol–water partition coefficient (Wildman–Crippen LogP) is 3.50. The number of hydrogen-bond donors (Lipinski definition) is 1. The minimum Gasteiger partial charge on any atom is -0.330 e. The van der Waals surface area contributed by atoms with Gasteiger partial charge in [0.2, 0.25) is 5.91 Å². The summed E-state index contributed by atoms with van der Waals surface area (Å²) >= 11 is 0. The van der Waals surface area contributed by atoms with Crippen LogP contribution in [0, 0.1) is 12.3 Å². The van der Waals surface area contributed by atoms with E-state index in [0.29, 0.717) is 19.5 Å². The smallest absolute Gasteiger partial charge is 0.226 e. The van der Waals surface area contributed by atoms with Crippen molar-refractivity contribution in [2.75, 3.05) is 18.0 Å². The number of nitrogens with zero attached hydrogens (tertiary/aromatic N) is 1. The van der Waals surface area contributed by atoms with E-state index in [1.807, 2.05) is 36.9 Å². The summed E-state index contributed by atoms with van der Waals surface area (Å²) in [6, 6.07) is 8.11. The summed E-state index contributed by atoms with van der Waals surface area (Å²) in [6.07, 6.45) is 2.41. The molecule has 1 amide bonds. The van der Waals surface area contributed by atoms with Crippen LogP contribution in [0.25, 0.3) is 0 Å². The van der Waals surface area contributed by atoms with E-state index in [2.05, 4.69) is 19.9 Å². The molecular formula is C17H28N2O. The van der Waals surface area contributed by atoms with E-state index in [4.69, 9.17) is 5.73 Å². The van der Waals surface area contributed by atoms with Crippen LogP contribution < -0.4 is 10.6 Å². The van der Waals surface area contributed by atoms with E-state index in [0.717, 1.165) is 18.5 Å². The maximum absolute atomic E-state index is 12.4. The Balaban J connectivity index is 2.69. The van der Waals surface area contributed by atoms with Crippen molar-refractivity contribution >= 4 is 11.6 Å². The highest BCUT2D eigenvalue weighted by Crippen LogP contribution is 2.27. The zero-order chi connectivity index (χ0) is 15.2. The van der Waals surface area contributed by atoms with Crippen molar-refractivity contribution in [3.05, 3.63) is 29.8 Å². The van der Waals surface area contributed by atoms with Crippen molar-refractivity contribution in [1.82, 2.24) is 0 Å². The maximum atomic E-state index is 12.4. The van der Waals surface area contributed by atoms with Crippen LogP contribution in [0.5, 0.6) is 0 Å². The van der Waals surface area contributed by atoms with Gasteiger partial charge in [-0.25, -0.2) is 0 Å². The lowest BCUT2D eigenvalue weighted by molar-refractivity contribution is -0.119. The van der Waals surface area contributed by atoms with Gasteiger partial charge in [0, 0.05) is 18.7 Å². The van der Waals surface area contributed by atoms with E-state index in [1.54, 1.807) is 0 Å². The van der Waals surface area contributed by atoms with Gasteiger partial charge in [0.1, 0.15) is 0 Å². The third kappa shape index (κ3) is 4.97. The van der Waals surface area contributed by atoms with Gasteiger partial charge in [-0.3, -0.25) is 4.79 Å².